The minimum Gasteiger partial charge on any atom is -0.486 e. The van der Waals surface area contributed by atoms with E-state index < -0.39 is 17.9 Å². The van der Waals surface area contributed by atoms with Gasteiger partial charge in [-0.15, -0.1) is 0 Å². The zero-order valence-corrected chi connectivity index (χ0v) is 31.4. The zero-order valence-electron chi connectivity index (χ0n) is 27.4. The number of rotatable bonds is 12. The number of nitrogens with one attached hydrogen (secondary N) is 1. The van der Waals surface area contributed by atoms with Crippen molar-refractivity contribution in [2.24, 2.45) is 4.99 Å². The highest BCUT2D eigenvalue weighted by atomic mass is 79.9. The van der Waals surface area contributed by atoms with Crippen molar-refractivity contribution >= 4 is 72.6 Å². The van der Waals surface area contributed by atoms with Gasteiger partial charge in [0.05, 0.1) is 20.7 Å². The molecule has 0 saturated heterocycles. The van der Waals surface area contributed by atoms with Crippen LogP contribution in [0.15, 0.2) is 153 Å². The highest BCUT2D eigenvalue weighted by Crippen LogP contribution is 2.37. The molecule has 0 bridgehead atoms. The van der Waals surface area contributed by atoms with Gasteiger partial charge in [-0.1, -0.05) is 115 Å². The number of halogens is 3. The molecule has 3 amide bonds. The molecule has 0 saturated carbocycles. The lowest BCUT2D eigenvalue weighted by atomic mass is 9.99. The average Bonchev–Trinajstić information content (AvgIpc) is 3.13. The summed E-state index contributed by atoms with van der Waals surface area (Å²) in [6, 6.07) is 28.5. The summed E-state index contributed by atoms with van der Waals surface area (Å²) in [6.07, 6.45) is 8.05. The molecule has 0 radical (unpaired) electrons. The van der Waals surface area contributed by atoms with Gasteiger partial charge in [-0.3, -0.25) is 19.3 Å². The molecule has 5 rings (SSSR count). The van der Waals surface area contributed by atoms with Gasteiger partial charge in [0, 0.05) is 11.3 Å². The number of allylic oxidation sites excluding steroid dienone is 4. The number of carbonyl (C=O) groups is 3. The molecular weight excluding hydrogens is 797 g/mol. The molecule has 11 heteroatoms. The Kier molecular flexibility index (Phi) is 13.1. The first-order chi connectivity index (χ1) is 24.7. The Morgan fingerprint density at radius 1 is 0.980 bits per heavy atom. The maximum Gasteiger partial charge on any atom is 0.285 e. The summed E-state index contributed by atoms with van der Waals surface area (Å²) in [7, 11) is 0. The van der Waals surface area contributed by atoms with Crippen molar-refractivity contribution in [3.05, 3.63) is 176 Å². The van der Waals surface area contributed by atoms with Gasteiger partial charge in [0.15, 0.2) is 5.17 Å². The van der Waals surface area contributed by atoms with Crippen LogP contribution in [-0.2, 0) is 21.0 Å². The Balaban J connectivity index is 1.39. The van der Waals surface area contributed by atoms with Gasteiger partial charge in [-0.25, -0.2) is 4.39 Å². The summed E-state index contributed by atoms with van der Waals surface area (Å²) in [5, 5.41) is 3.15. The smallest absolute Gasteiger partial charge is 0.285 e. The number of hydrogen-bond acceptors (Lipinski definition) is 5. The molecule has 7 nitrogen and oxygen atoms in total. The Hall–Kier alpha value is -4.84. The van der Waals surface area contributed by atoms with Crippen molar-refractivity contribution in [2.45, 2.75) is 19.6 Å². The number of carbonyl (C=O) groups excluding carboxylic acids is 3. The zero-order chi connectivity index (χ0) is 36.3. The van der Waals surface area contributed by atoms with E-state index in [0.717, 1.165) is 22.9 Å². The van der Waals surface area contributed by atoms with Crippen LogP contribution in [0.4, 0.5) is 4.39 Å². The van der Waals surface area contributed by atoms with Crippen LogP contribution in [-0.4, -0.2) is 33.5 Å². The van der Waals surface area contributed by atoms with Gasteiger partial charge in [0.25, 0.3) is 11.8 Å². The molecule has 1 heterocycles. The second kappa shape index (κ2) is 17.9. The molecule has 1 N–H and O–H groups in total. The van der Waals surface area contributed by atoms with E-state index in [4.69, 9.17) is 4.74 Å². The predicted octanol–water partition coefficient (Wildman–Crippen LogP) is 9.32. The van der Waals surface area contributed by atoms with Crippen LogP contribution >= 0.6 is 43.6 Å². The van der Waals surface area contributed by atoms with Crippen molar-refractivity contribution in [3.63, 3.8) is 0 Å². The minimum atomic E-state index is -0.749. The van der Waals surface area contributed by atoms with Gasteiger partial charge < -0.3 is 10.1 Å². The minimum absolute atomic E-state index is 0.00700. The van der Waals surface area contributed by atoms with E-state index >= 15 is 0 Å². The van der Waals surface area contributed by atoms with Crippen molar-refractivity contribution < 1.29 is 23.5 Å². The lowest BCUT2D eigenvalue weighted by Crippen LogP contribution is -2.42. The van der Waals surface area contributed by atoms with Gasteiger partial charge in [-0.2, -0.15) is 4.99 Å². The summed E-state index contributed by atoms with van der Waals surface area (Å²) in [5.41, 5.74) is 2.98. The standard InChI is InChI=1S/C40H32Br2FN3O4S/c1-3-5-19-30(4-2)46-39(49)31(21-26-22-32(41)37(33(42)23-26)50-24-29-18-12-13-20-34(29)43)38(48)45-40(46)51-25-35(47)44-36(27-14-8-6-9-15-27)28-16-10-7-11-17-28/h3-23,36H,1,24-25H2,2H3,(H,44,47)/b19-5-,30-4+,31-21+. The van der Waals surface area contributed by atoms with Crippen LogP contribution < -0.4 is 10.1 Å². The van der Waals surface area contributed by atoms with Crippen molar-refractivity contribution in [1.82, 2.24) is 10.2 Å². The number of hydrogen-bond donors (Lipinski definition) is 1. The van der Waals surface area contributed by atoms with Crippen LogP contribution in [0.2, 0.25) is 0 Å². The molecule has 51 heavy (non-hydrogen) atoms. The molecule has 0 fully saturated rings. The molecule has 0 spiro atoms. The van der Waals surface area contributed by atoms with Crippen LogP contribution in [0.1, 0.15) is 35.2 Å². The molecule has 4 aromatic rings. The van der Waals surface area contributed by atoms with Gasteiger partial charge in [0.2, 0.25) is 5.91 Å². The first kappa shape index (κ1) is 37.4. The van der Waals surface area contributed by atoms with Gasteiger partial charge >= 0.3 is 0 Å². The molecule has 0 unspecified atom stereocenters. The highest BCUT2D eigenvalue weighted by Gasteiger charge is 2.35. The number of amidine groups is 1. The molecule has 1 aliphatic heterocycles. The normalized spacial score (nSPS) is 14.3. The van der Waals surface area contributed by atoms with E-state index in [1.165, 1.54) is 17.0 Å². The number of ether oxygens (including phenoxy) is 1. The highest BCUT2D eigenvalue weighted by molar-refractivity contribution is 9.11. The second-order valence-corrected chi connectivity index (χ2v) is 13.7. The van der Waals surface area contributed by atoms with Crippen molar-refractivity contribution in [2.75, 3.05) is 5.75 Å². The van der Waals surface area contributed by atoms with Gasteiger partial charge in [0.1, 0.15) is 23.7 Å². The molecule has 0 aromatic heterocycles. The maximum atomic E-state index is 14.1. The monoisotopic (exact) mass is 827 g/mol. The molecule has 0 atom stereocenters. The summed E-state index contributed by atoms with van der Waals surface area (Å²) in [6.45, 7) is 5.47. The third kappa shape index (κ3) is 9.49. The lowest BCUT2D eigenvalue weighted by molar-refractivity contribution is -0.126. The third-order valence-corrected chi connectivity index (χ3v) is 9.69. The third-order valence-electron chi connectivity index (χ3n) is 7.57. The quantitative estimate of drug-likeness (QED) is 0.0875. The Bertz CT molecular complexity index is 2000. The molecule has 258 valence electrons. The first-order valence-electron chi connectivity index (χ1n) is 15.7. The van der Waals surface area contributed by atoms with E-state index in [2.05, 4.69) is 48.7 Å². The van der Waals surface area contributed by atoms with E-state index in [1.807, 2.05) is 60.7 Å². The van der Waals surface area contributed by atoms with E-state index in [-0.39, 0.29) is 34.8 Å². The summed E-state index contributed by atoms with van der Waals surface area (Å²) < 4.78 is 21.1. The lowest BCUT2D eigenvalue weighted by Gasteiger charge is -2.28. The number of nitrogens with zero attached hydrogens (tertiary/aromatic N) is 2. The summed E-state index contributed by atoms with van der Waals surface area (Å²) in [4.78, 5) is 46.5. The average molecular weight is 830 g/mol. The number of amides is 3. The number of aliphatic imine (C=N–C) groups is 1. The summed E-state index contributed by atoms with van der Waals surface area (Å²) >= 11 is 7.98. The van der Waals surface area contributed by atoms with Crippen LogP contribution in [0, 0.1) is 5.82 Å². The molecular formula is C40H32Br2FN3O4S. The molecule has 4 aromatic carbocycles. The Morgan fingerprint density at radius 3 is 2.18 bits per heavy atom. The molecule has 0 aliphatic carbocycles. The van der Waals surface area contributed by atoms with E-state index in [1.54, 1.807) is 61.6 Å². The predicted molar refractivity (Wildman–Crippen MR) is 208 cm³/mol. The van der Waals surface area contributed by atoms with Crippen molar-refractivity contribution in [3.8, 4) is 5.75 Å². The fourth-order valence-electron chi connectivity index (χ4n) is 5.13. The van der Waals surface area contributed by atoms with Crippen LogP contribution in [0.3, 0.4) is 0 Å². The number of benzene rings is 4. The number of thioether (sulfide) groups is 1. The van der Waals surface area contributed by atoms with Crippen molar-refractivity contribution in [1.29, 1.82) is 0 Å². The fraction of sp³-hybridized carbons (Fsp3) is 0.100. The Labute approximate surface area is 317 Å². The second-order valence-electron chi connectivity index (χ2n) is 11.0. The fourth-order valence-corrected chi connectivity index (χ4v) is 7.39. The largest absolute Gasteiger partial charge is 0.486 e. The molecule has 1 aliphatic rings. The van der Waals surface area contributed by atoms with E-state index in [0.29, 0.717) is 31.5 Å². The van der Waals surface area contributed by atoms with Gasteiger partial charge in [-0.05, 0) is 85.8 Å². The Morgan fingerprint density at radius 2 is 1.59 bits per heavy atom. The van der Waals surface area contributed by atoms with Crippen LogP contribution in [0.25, 0.3) is 6.08 Å². The van der Waals surface area contributed by atoms with Crippen LogP contribution in [0.5, 0.6) is 5.75 Å². The maximum absolute atomic E-state index is 14.1. The topological polar surface area (TPSA) is 88.1 Å². The van der Waals surface area contributed by atoms with E-state index in [9.17, 15) is 18.8 Å². The summed E-state index contributed by atoms with van der Waals surface area (Å²) in [5.74, 6) is -1.74. The first-order valence-corrected chi connectivity index (χ1v) is 18.3. The SMILES string of the molecule is C=C/C=C\C(=C/C)N1C(=O)/C(=C/c2cc(Br)c(OCc3ccccc3F)c(Br)c2)C(=O)N=C1SCC(=O)NC(c1ccccc1)c1ccccc1.